The Kier molecular flexibility index (Phi) is 3.82. The quantitative estimate of drug-likeness (QED) is 0.621. The number of carbonyl (C=O) groups excluding carboxylic acids is 2. The maximum Gasteiger partial charge on any atom is 0.261 e. The smallest absolute Gasteiger partial charge is 0.261 e. The molecule has 1 fully saturated rings. The molecule has 0 radical (unpaired) electrons. The van der Waals surface area contributed by atoms with Crippen molar-refractivity contribution >= 4 is 35.2 Å². The van der Waals surface area contributed by atoms with Gasteiger partial charge in [-0.2, -0.15) is 0 Å². The van der Waals surface area contributed by atoms with Crippen molar-refractivity contribution in [2.75, 3.05) is 4.90 Å². The molecule has 3 nitrogen and oxygen atoms in total. The van der Waals surface area contributed by atoms with Gasteiger partial charge in [-0.3, -0.25) is 9.59 Å². The lowest BCUT2D eigenvalue weighted by molar-refractivity contribution is -0.120. The molecule has 0 aromatic heterocycles. The molecule has 0 saturated carbocycles. The lowest BCUT2D eigenvalue weighted by Gasteiger charge is -2.12. The fraction of sp³-hybridized carbons (Fsp3) is 0.111. The van der Waals surface area contributed by atoms with Crippen LogP contribution in [0.25, 0.3) is 6.08 Å². The van der Waals surface area contributed by atoms with Crippen LogP contribution in [-0.4, -0.2) is 11.8 Å². The third kappa shape index (κ3) is 2.55. The number of imide groups is 1. The number of halogens is 1. The van der Waals surface area contributed by atoms with Crippen LogP contribution in [0.1, 0.15) is 17.5 Å². The predicted molar refractivity (Wildman–Crippen MR) is 87.7 cm³/mol. The summed E-state index contributed by atoms with van der Waals surface area (Å²) in [7, 11) is 0. The van der Waals surface area contributed by atoms with Crippen LogP contribution in [0.2, 0.25) is 5.02 Å². The van der Waals surface area contributed by atoms with Gasteiger partial charge in [-0.1, -0.05) is 41.9 Å². The maximum atomic E-state index is 12.5. The van der Waals surface area contributed by atoms with Crippen molar-refractivity contribution in [2.24, 2.45) is 0 Å². The minimum Gasteiger partial charge on any atom is -0.274 e. The molecular weight excluding hydrogens is 298 g/mol. The first kappa shape index (κ1) is 14.5. The number of anilines is 1. The Morgan fingerprint density at radius 1 is 1.05 bits per heavy atom. The van der Waals surface area contributed by atoms with Crippen molar-refractivity contribution in [3.05, 3.63) is 70.3 Å². The number of benzene rings is 2. The minimum atomic E-state index is -0.268. The first-order chi connectivity index (χ1) is 10.6. The molecule has 2 amide bonds. The molecule has 4 heteroatoms. The van der Waals surface area contributed by atoms with E-state index >= 15 is 0 Å². The highest BCUT2D eigenvalue weighted by Gasteiger charge is 2.34. The van der Waals surface area contributed by atoms with Gasteiger partial charge in [0, 0.05) is 10.6 Å². The molecule has 1 heterocycles. The van der Waals surface area contributed by atoms with Crippen molar-refractivity contribution in [3.8, 4) is 0 Å². The highest BCUT2D eigenvalue weighted by atomic mass is 35.5. The van der Waals surface area contributed by atoms with Crippen LogP contribution in [0.3, 0.4) is 0 Å². The maximum absolute atomic E-state index is 12.5. The monoisotopic (exact) mass is 311 g/mol. The van der Waals surface area contributed by atoms with Crippen molar-refractivity contribution < 1.29 is 9.59 Å². The van der Waals surface area contributed by atoms with E-state index < -0.39 is 0 Å². The second kappa shape index (κ2) is 5.78. The van der Waals surface area contributed by atoms with E-state index in [1.165, 1.54) is 4.90 Å². The van der Waals surface area contributed by atoms with Crippen LogP contribution in [-0.2, 0) is 9.59 Å². The summed E-state index contributed by atoms with van der Waals surface area (Å²) >= 11 is 6.10. The van der Waals surface area contributed by atoms with Gasteiger partial charge >= 0.3 is 0 Å². The van der Waals surface area contributed by atoms with Crippen molar-refractivity contribution in [3.63, 3.8) is 0 Å². The highest BCUT2D eigenvalue weighted by molar-refractivity contribution is 6.32. The number of para-hydroxylation sites is 1. The molecule has 0 spiro atoms. The van der Waals surface area contributed by atoms with Crippen LogP contribution in [0.5, 0.6) is 0 Å². The molecule has 22 heavy (non-hydrogen) atoms. The van der Waals surface area contributed by atoms with Gasteiger partial charge in [-0.05, 0) is 42.3 Å². The molecular formula is C18H14ClNO2. The van der Waals surface area contributed by atoms with Crippen molar-refractivity contribution in [1.29, 1.82) is 0 Å². The average molecular weight is 312 g/mol. The van der Waals surface area contributed by atoms with E-state index in [0.717, 1.165) is 11.1 Å². The van der Waals surface area contributed by atoms with Gasteiger partial charge in [0.15, 0.2) is 0 Å². The topological polar surface area (TPSA) is 37.4 Å². The Labute approximate surface area is 133 Å². The Balaban J connectivity index is 1.98. The predicted octanol–water partition coefficient (Wildman–Crippen LogP) is 4.00. The molecule has 3 rings (SSSR count). The molecule has 2 aromatic carbocycles. The largest absolute Gasteiger partial charge is 0.274 e. The molecule has 1 aliphatic heterocycles. The molecule has 0 unspecified atom stereocenters. The number of hydrogen-bond donors (Lipinski definition) is 0. The summed E-state index contributed by atoms with van der Waals surface area (Å²) in [4.78, 5) is 25.9. The molecule has 0 bridgehead atoms. The van der Waals surface area contributed by atoms with E-state index in [9.17, 15) is 9.59 Å². The summed E-state index contributed by atoms with van der Waals surface area (Å²) in [6.07, 6.45) is 1.87. The van der Waals surface area contributed by atoms with Crippen LogP contribution < -0.4 is 4.90 Å². The zero-order valence-electron chi connectivity index (χ0n) is 12.0. The number of hydrogen-bond acceptors (Lipinski definition) is 2. The second-order valence-electron chi connectivity index (χ2n) is 5.17. The first-order valence-electron chi connectivity index (χ1n) is 6.96. The fourth-order valence-electron chi connectivity index (χ4n) is 2.49. The van der Waals surface area contributed by atoms with E-state index in [4.69, 9.17) is 11.6 Å². The van der Waals surface area contributed by atoms with Crippen LogP contribution in [0.15, 0.2) is 54.1 Å². The normalized spacial score (nSPS) is 16.6. The van der Waals surface area contributed by atoms with Gasteiger partial charge in [-0.15, -0.1) is 0 Å². The average Bonchev–Trinajstić information content (AvgIpc) is 2.79. The summed E-state index contributed by atoms with van der Waals surface area (Å²) in [6.45, 7) is 1.89. The summed E-state index contributed by atoms with van der Waals surface area (Å²) < 4.78 is 0. The molecule has 0 aliphatic carbocycles. The number of nitrogens with zero attached hydrogens (tertiary/aromatic N) is 1. The lowest BCUT2D eigenvalue weighted by atomic mass is 10.0. The standard InChI is InChI=1S/C18H14ClNO2/c1-12-13(6-5-9-16(12)19)10-14-11-17(21)20(18(14)22)15-7-3-2-4-8-15/h2-10H,11H2,1H3/b14-10+. The highest BCUT2D eigenvalue weighted by Crippen LogP contribution is 2.28. The van der Waals surface area contributed by atoms with Gasteiger partial charge in [-0.25, -0.2) is 4.90 Å². The third-order valence-electron chi connectivity index (χ3n) is 3.72. The fourth-order valence-corrected chi connectivity index (χ4v) is 2.68. The number of carbonyl (C=O) groups is 2. The molecule has 110 valence electrons. The zero-order chi connectivity index (χ0) is 15.7. The van der Waals surface area contributed by atoms with Crippen LogP contribution in [0, 0.1) is 6.92 Å². The third-order valence-corrected chi connectivity index (χ3v) is 4.13. The van der Waals surface area contributed by atoms with E-state index in [1.807, 2.05) is 25.1 Å². The van der Waals surface area contributed by atoms with E-state index in [0.29, 0.717) is 16.3 Å². The van der Waals surface area contributed by atoms with Gasteiger partial charge in [0.05, 0.1) is 12.1 Å². The molecule has 1 aliphatic rings. The van der Waals surface area contributed by atoms with Crippen LogP contribution in [0.4, 0.5) is 5.69 Å². The molecule has 2 aromatic rings. The Morgan fingerprint density at radius 2 is 1.77 bits per heavy atom. The van der Waals surface area contributed by atoms with Gasteiger partial charge in [0.2, 0.25) is 5.91 Å². The van der Waals surface area contributed by atoms with Gasteiger partial charge in [0.1, 0.15) is 0 Å². The Hall–Kier alpha value is -2.39. The van der Waals surface area contributed by atoms with E-state index in [1.54, 1.807) is 36.4 Å². The van der Waals surface area contributed by atoms with Crippen molar-refractivity contribution in [1.82, 2.24) is 0 Å². The van der Waals surface area contributed by atoms with Crippen molar-refractivity contribution in [2.45, 2.75) is 13.3 Å². The first-order valence-corrected chi connectivity index (χ1v) is 7.34. The Bertz CT molecular complexity index is 781. The van der Waals surface area contributed by atoms with Crippen LogP contribution >= 0.6 is 11.6 Å². The van der Waals surface area contributed by atoms with E-state index in [-0.39, 0.29) is 18.2 Å². The van der Waals surface area contributed by atoms with Gasteiger partial charge in [0.25, 0.3) is 5.91 Å². The SMILES string of the molecule is Cc1c(Cl)cccc1/C=C1\CC(=O)N(c2ccccc2)C1=O. The number of rotatable bonds is 2. The second-order valence-corrected chi connectivity index (χ2v) is 5.58. The molecule has 0 atom stereocenters. The summed E-state index contributed by atoms with van der Waals surface area (Å²) in [6, 6.07) is 14.5. The summed E-state index contributed by atoms with van der Waals surface area (Å²) in [5.41, 5.74) is 2.84. The molecule has 0 N–H and O–H groups in total. The van der Waals surface area contributed by atoms with E-state index in [2.05, 4.69) is 0 Å². The zero-order valence-corrected chi connectivity index (χ0v) is 12.8. The van der Waals surface area contributed by atoms with Gasteiger partial charge < -0.3 is 0 Å². The lowest BCUT2D eigenvalue weighted by Crippen LogP contribution is -2.28. The molecule has 1 saturated heterocycles. The summed E-state index contributed by atoms with van der Waals surface area (Å²) in [5.74, 6) is -0.474. The summed E-state index contributed by atoms with van der Waals surface area (Å²) in [5, 5.41) is 0.644. The Morgan fingerprint density at radius 3 is 2.50 bits per heavy atom. The number of amides is 2. The minimum absolute atomic E-state index is 0.111.